The van der Waals surface area contributed by atoms with E-state index in [1.807, 2.05) is 13.1 Å². The van der Waals surface area contributed by atoms with Gasteiger partial charge in [0.05, 0.1) is 0 Å². The normalized spacial score (nSPS) is 11.3. The van der Waals surface area contributed by atoms with Crippen LogP contribution in [0.15, 0.2) is 18.5 Å². The summed E-state index contributed by atoms with van der Waals surface area (Å²) in [6.45, 7) is 0. The van der Waals surface area contributed by atoms with Crippen molar-refractivity contribution in [2.75, 3.05) is 5.73 Å². The molecule has 3 aromatic rings. The Balaban J connectivity index is 2.67. The van der Waals surface area contributed by atoms with Gasteiger partial charge < -0.3 is 5.73 Å². The van der Waals surface area contributed by atoms with E-state index in [-0.39, 0.29) is 0 Å². The third-order valence-corrected chi connectivity index (χ3v) is 2.39. The third kappa shape index (κ3) is 0.983. The lowest BCUT2D eigenvalue weighted by molar-refractivity contribution is 0.737. The molecule has 0 unspecified atom stereocenters. The highest BCUT2D eigenvalue weighted by Gasteiger charge is 2.10. The van der Waals surface area contributed by atoms with Crippen LogP contribution in [-0.2, 0) is 7.05 Å². The zero-order valence-electron chi connectivity index (χ0n) is 8.05. The Kier molecular flexibility index (Phi) is 1.42. The van der Waals surface area contributed by atoms with Gasteiger partial charge in [-0.2, -0.15) is 0 Å². The van der Waals surface area contributed by atoms with E-state index in [1.165, 1.54) is 0 Å². The quantitative estimate of drug-likeness (QED) is 0.571. The molecule has 0 bridgehead atoms. The summed E-state index contributed by atoms with van der Waals surface area (Å²) in [7, 11) is 1.82. The predicted octanol–water partition coefficient (Wildman–Crippen LogP) is 0.494. The Morgan fingerprint density at radius 3 is 3.07 bits per heavy atom. The standard InChI is InChI=1S/C9H8N6/c1-15-7-6-4-11-3-2-5(6)8(10)12-9(7)13-14-15/h2-4H,1H3,(H2,10,12). The van der Waals surface area contributed by atoms with E-state index in [0.717, 1.165) is 16.3 Å². The maximum Gasteiger partial charge on any atom is 0.204 e. The number of nitrogens with two attached hydrogens (primary N) is 1. The maximum atomic E-state index is 5.82. The molecule has 0 saturated carbocycles. The van der Waals surface area contributed by atoms with Gasteiger partial charge in [-0.25, -0.2) is 9.67 Å². The molecule has 3 heterocycles. The molecule has 0 aromatic carbocycles. The molecule has 0 aliphatic carbocycles. The summed E-state index contributed by atoms with van der Waals surface area (Å²) < 4.78 is 1.67. The number of fused-ring (bicyclic) bond motifs is 3. The van der Waals surface area contributed by atoms with Crippen molar-refractivity contribution in [1.82, 2.24) is 25.0 Å². The van der Waals surface area contributed by atoms with E-state index in [2.05, 4.69) is 20.3 Å². The van der Waals surface area contributed by atoms with Crippen LogP contribution in [0.1, 0.15) is 0 Å². The molecule has 0 saturated heterocycles. The van der Waals surface area contributed by atoms with Crippen molar-refractivity contribution in [3.63, 3.8) is 0 Å². The molecule has 15 heavy (non-hydrogen) atoms. The van der Waals surface area contributed by atoms with Crippen molar-refractivity contribution >= 4 is 27.8 Å². The van der Waals surface area contributed by atoms with Gasteiger partial charge in [0.15, 0.2) is 0 Å². The monoisotopic (exact) mass is 200 g/mol. The Labute approximate surface area is 84.7 Å². The summed E-state index contributed by atoms with van der Waals surface area (Å²) in [4.78, 5) is 8.25. The number of anilines is 1. The third-order valence-electron chi connectivity index (χ3n) is 2.39. The largest absolute Gasteiger partial charge is 0.383 e. The number of hydrogen-bond acceptors (Lipinski definition) is 5. The van der Waals surface area contributed by atoms with Gasteiger partial charge in [0, 0.05) is 30.2 Å². The second kappa shape index (κ2) is 2.63. The van der Waals surface area contributed by atoms with Crippen molar-refractivity contribution < 1.29 is 0 Å². The summed E-state index contributed by atoms with van der Waals surface area (Å²) in [5.74, 6) is 0.459. The number of nitrogens with zero attached hydrogens (tertiary/aromatic N) is 5. The first-order valence-corrected chi connectivity index (χ1v) is 4.46. The van der Waals surface area contributed by atoms with Crippen LogP contribution in [0.4, 0.5) is 5.82 Å². The van der Waals surface area contributed by atoms with E-state index in [4.69, 9.17) is 5.73 Å². The van der Waals surface area contributed by atoms with Crippen molar-refractivity contribution in [3.05, 3.63) is 18.5 Å². The lowest BCUT2D eigenvalue weighted by Gasteiger charge is -2.01. The zero-order chi connectivity index (χ0) is 10.4. The number of aromatic nitrogens is 5. The lowest BCUT2D eigenvalue weighted by Crippen LogP contribution is -1.95. The fourth-order valence-electron chi connectivity index (χ4n) is 1.70. The number of rotatable bonds is 0. The molecular formula is C9H8N6. The summed E-state index contributed by atoms with van der Waals surface area (Å²) in [5, 5.41) is 9.63. The molecule has 0 radical (unpaired) electrons. The van der Waals surface area contributed by atoms with Gasteiger partial charge in [0.25, 0.3) is 0 Å². The van der Waals surface area contributed by atoms with E-state index >= 15 is 0 Å². The Morgan fingerprint density at radius 1 is 1.33 bits per heavy atom. The predicted molar refractivity (Wildman–Crippen MR) is 56.0 cm³/mol. The highest BCUT2D eigenvalue weighted by atomic mass is 15.4. The minimum Gasteiger partial charge on any atom is -0.383 e. The van der Waals surface area contributed by atoms with E-state index in [9.17, 15) is 0 Å². The van der Waals surface area contributed by atoms with Crippen molar-refractivity contribution in [3.8, 4) is 0 Å². The molecule has 3 aromatic heterocycles. The van der Waals surface area contributed by atoms with Crippen LogP contribution >= 0.6 is 0 Å². The smallest absolute Gasteiger partial charge is 0.204 e. The van der Waals surface area contributed by atoms with Crippen LogP contribution in [-0.4, -0.2) is 25.0 Å². The molecule has 0 aliphatic rings. The van der Waals surface area contributed by atoms with E-state index in [1.54, 1.807) is 17.1 Å². The first-order chi connectivity index (χ1) is 7.27. The fraction of sp³-hybridized carbons (Fsp3) is 0.111. The molecule has 0 amide bonds. The summed E-state index contributed by atoms with van der Waals surface area (Å²) in [5.41, 5.74) is 7.22. The van der Waals surface area contributed by atoms with E-state index < -0.39 is 0 Å². The highest BCUT2D eigenvalue weighted by Crippen LogP contribution is 2.24. The molecule has 6 heteroatoms. The minimum absolute atomic E-state index is 0.459. The van der Waals surface area contributed by atoms with Crippen molar-refractivity contribution in [2.24, 2.45) is 7.05 Å². The molecule has 2 N–H and O–H groups in total. The molecule has 0 spiro atoms. The SMILES string of the molecule is Cn1nnc2nc(N)c3ccncc3c21. The Morgan fingerprint density at radius 2 is 2.20 bits per heavy atom. The van der Waals surface area contributed by atoms with Crippen LogP contribution in [0.5, 0.6) is 0 Å². The van der Waals surface area contributed by atoms with Crippen LogP contribution in [0.3, 0.4) is 0 Å². The average molecular weight is 200 g/mol. The lowest BCUT2D eigenvalue weighted by atomic mass is 10.2. The molecule has 3 rings (SSSR count). The van der Waals surface area contributed by atoms with Gasteiger partial charge in [-0.15, -0.1) is 5.10 Å². The van der Waals surface area contributed by atoms with Crippen LogP contribution in [0.25, 0.3) is 21.9 Å². The highest BCUT2D eigenvalue weighted by molar-refractivity contribution is 6.06. The van der Waals surface area contributed by atoms with Gasteiger partial charge in [-0.3, -0.25) is 4.98 Å². The molecular weight excluding hydrogens is 192 g/mol. The van der Waals surface area contributed by atoms with Gasteiger partial charge in [-0.05, 0) is 6.07 Å². The summed E-state index contributed by atoms with van der Waals surface area (Å²) in [6.07, 6.45) is 3.44. The number of aryl methyl sites for hydroxylation is 1. The molecule has 6 nitrogen and oxygen atoms in total. The van der Waals surface area contributed by atoms with Gasteiger partial charge in [-0.1, -0.05) is 5.21 Å². The van der Waals surface area contributed by atoms with Crippen molar-refractivity contribution in [2.45, 2.75) is 0 Å². The fourth-order valence-corrected chi connectivity index (χ4v) is 1.70. The molecule has 74 valence electrons. The van der Waals surface area contributed by atoms with Gasteiger partial charge >= 0.3 is 0 Å². The number of nitrogen functional groups attached to an aromatic ring is 1. The van der Waals surface area contributed by atoms with Crippen LogP contribution in [0, 0.1) is 0 Å². The second-order valence-corrected chi connectivity index (χ2v) is 3.30. The Bertz CT molecular complexity index is 656. The second-order valence-electron chi connectivity index (χ2n) is 3.30. The average Bonchev–Trinajstić information content (AvgIpc) is 2.61. The zero-order valence-corrected chi connectivity index (χ0v) is 8.05. The first-order valence-electron chi connectivity index (χ1n) is 4.46. The number of hydrogen-bond donors (Lipinski definition) is 1. The van der Waals surface area contributed by atoms with Gasteiger partial charge in [0.1, 0.15) is 11.3 Å². The number of pyridine rings is 2. The minimum atomic E-state index is 0.459. The first kappa shape index (κ1) is 8.10. The van der Waals surface area contributed by atoms with E-state index in [0.29, 0.717) is 11.5 Å². The Hall–Kier alpha value is -2.24. The molecule has 0 fully saturated rings. The van der Waals surface area contributed by atoms with Crippen molar-refractivity contribution in [1.29, 1.82) is 0 Å². The van der Waals surface area contributed by atoms with Gasteiger partial charge in [0.2, 0.25) is 5.65 Å². The summed E-state index contributed by atoms with van der Waals surface area (Å²) in [6, 6.07) is 1.84. The molecule has 0 aliphatic heterocycles. The molecule has 0 atom stereocenters. The maximum absolute atomic E-state index is 5.82. The topological polar surface area (TPSA) is 82.5 Å². The van der Waals surface area contributed by atoms with Crippen LogP contribution < -0.4 is 5.73 Å². The summed E-state index contributed by atoms with van der Waals surface area (Å²) >= 11 is 0. The van der Waals surface area contributed by atoms with Crippen LogP contribution in [0.2, 0.25) is 0 Å².